The van der Waals surface area contributed by atoms with Crippen LogP contribution in [0.25, 0.3) is 0 Å². The Labute approximate surface area is 152 Å². The van der Waals surface area contributed by atoms with Gasteiger partial charge in [0, 0.05) is 0 Å². The fraction of sp³-hybridized carbons (Fsp3) is 0.188. The van der Waals surface area contributed by atoms with E-state index >= 15 is 0 Å². The van der Waals surface area contributed by atoms with Crippen LogP contribution in [0.5, 0.6) is 11.5 Å². The molecule has 0 radical (unpaired) electrons. The van der Waals surface area contributed by atoms with Gasteiger partial charge in [-0.3, -0.25) is 14.9 Å². The minimum atomic E-state index is -0.790. The Kier molecular flexibility index (Phi) is 6.37. The van der Waals surface area contributed by atoms with E-state index in [0.29, 0.717) is 4.88 Å². The first-order chi connectivity index (χ1) is 12.0. The van der Waals surface area contributed by atoms with Gasteiger partial charge in [0.05, 0.1) is 29.7 Å². The number of benzene rings is 1. The van der Waals surface area contributed by atoms with Gasteiger partial charge in [0.25, 0.3) is 11.8 Å². The van der Waals surface area contributed by atoms with Crippen LogP contribution in [0.4, 0.5) is 0 Å². The average molecular weight is 384 g/mol. The van der Waals surface area contributed by atoms with E-state index < -0.39 is 24.4 Å². The maximum absolute atomic E-state index is 12.0. The normalized spacial score (nSPS) is 10.0. The molecule has 25 heavy (non-hydrogen) atoms. The summed E-state index contributed by atoms with van der Waals surface area (Å²) in [7, 11) is 2.81. The molecular weight excluding hydrogens is 370 g/mol. The quantitative estimate of drug-likeness (QED) is 0.771. The lowest BCUT2D eigenvalue weighted by atomic mass is 10.2. The number of hydrogen-bond donors (Lipinski definition) is 1. The highest BCUT2D eigenvalue weighted by Crippen LogP contribution is 2.36. The number of carbonyl (C=O) groups excluding carboxylic acids is 3. The van der Waals surface area contributed by atoms with Crippen molar-refractivity contribution in [1.82, 2.24) is 5.32 Å². The van der Waals surface area contributed by atoms with Crippen molar-refractivity contribution in [3.63, 3.8) is 0 Å². The lowest BCUT2D eigenvalue weighted by Gasteiger charge is -2.11. The summed E-state index contributed by atoms with van der Waals surface area (Å²) < 4.78 is 15.0. The van der Waals surface area contributed by atoms with Crippen LogP contribution in [0.2, 0.25) is 5.02 Å². The van der Waals surface area contributed by atoms with Crippen molar-refractivity contribution in [1.29, 1.82) is 0 Å². The number of hydrogen-bond acceptors (Lipinski definition) is 7. The number of halogens is 1. The molecule has 2 aromatic rings. The molecule has 0 aliphatic rings. The van der Waals surface area contributed by atoms with Crippen LogP contribution in [-0.4, -0.2) is 38.6 Å². The molecule has 0 unspecified atom stereocenters. The van der Waals surface area contributed by atoms with Gasteiger partial charge in [-0.05, 0) is 23.6 Å². The second-order valence-corrected chi connectivity index (χ2v) is 5.98. The fourth-order valence-corrected chi connectivity index (χ4v) is 2.79. The number of nitrogens with one attached hydrogen (secondary N) is 1. The summed E-state index contributed by atoms with van der Waals surface area (Å²) >= 11 is 7.20. The van der Waals surface area contributed by atoms with Crippen molar-refractivity contribution in [2.45, 2.75) is 0 Å². The Morgan fingerprint density at radius 3 is 2.56 bits per heavy atom. The minimum Gasteiger partial charge on any atom is -0.493 e. The first kappa shape index (κ1) is 18.8. The molecule has 7 nitrogen and oxygen atoms in total. The third-order valence-corrected chi connectivity index (χ3v) is 4.15. The number of amides is 2. The average Bonchev–Trinajstić information content (AvgIpc) is 3.13. The smallest absolute Gasteiger partial charge is 0.338 e. The number of esters is 1. The van der Waals surface area contributed by atoms with Crippen LogP contribution in [0, 0.1) is 0 Å². The molecule has 1 aromatic carbocycles. The molecule has 2 rings (SSSR count). The van der Waals surface area contributed by atoms with Crippen LogP contribution >= 0.6 is 22.9 Å². The van der Waals surface area contributed by atoms with E-state index in [1.807, 2.05) is 0 Å². The summed E-state index contributed by atoms with van der Waals surface area (Å²) in [5.41, 5.74) is 0.0834. The largest absolute Gasteiger partial charge is 0.493 e. The van der Waals surface area contributed by atoms with Gasteiger partial charge in [0.2, 0.25) is 0 Å². The fourth-order valence-electron chi connectivity index (χ4n) is 1.88. The van der Waals surface area contributed by atoms with Crippen LogP contribution in [0.3, 0.4) is 0 Å². The van der Waals surface area contributed by atoms with Crippen LogP contribution in [0.1, 0.15) is 20.0 Å². The van der Waals surface area contributed by atoms with Crippen molar-refractivity contribution in [2.75, 3.05) is 20.8 Å². The molecule has 9 heteroatoms. The van der Waals surface area contributed by atoms with Crippen molar-refractivity contribution < 1.29 is 28.6 Å². The van der Waals surface area contributed by atoms with E-state index in [-0.39, 0.29) is 22.1 Å². The summed E-state index contributed by atoms with van der Waals surface area (Å²) in [6.07, 6.45) is 0. The molecule has 0 saturated carbocycles. The molecule has 0 spiro atoms. The summed E-state index contributed by atoms with van der Waals surface area (Å²) in [6, 6.07) is 5.97. The molecule has 1 aromatic heterocycles. The predicted molar refractivity (Wildman–Crippen MR) is 91.6 cm³/mol. The van der Waals surface area contributed by atoms with E-state index in [2.05, 4.69) is 5.32 Å². The van der Waals surface area contributed by atoms with E-state index in [0.717, 1.165) is 0 Å². The van der Waals surface area contributed by atoms with Crippen molar-refractivity contribution in [3.8, 4) is 11.5 Å². The molecule has 0 saturated heterocycles. The molecule has 1 heterocycles. The molecule has 0 aliphatic carbocycles. The van der Waals surface area contributed by atoms with Crippen LogP contribution in [0.15, 0.2) is 29.6 Å². The van der Waals surface area contributed by atoms with E-state index in [1.165, 1.54) is 37.7 Å². The maximum Gasteiger partial charge on any atom is 0.338 e. The van der Waals surface area contributed by atoms with Gasteiger partial charge in [-0.25, -0.2) is 4.79 Å². The molecule has 0 bridgehead atoms. The van der Waals surface area contributed by atoms with Gasteiger partial charge in [-0.1, -0.05) is 17.7 Å². The van der Waals surface area contributed by atoms with Crippen molar-refractivity contribution in [2.24, 2.45) is 0 Å². The van der Waals surface area contributed by atoms with Crippen LogP contribution < -0.4 is 14.8 Å². The van der Waals surface area contributed by atoms with Crippen molar-refractivity contribution >= 4 is 40.7 Å². The zero-order valence-corrected chi connectivity index (χ0v) is 14.9. The molecule has 2 amide bonds. The highest BCUT2D eigenvalue weighted by molar-refractivity contribution is 7.12. The third kappa shape index (κ3) is 4.71. The lowest BCUT2D eigenvalue weighted by Crippen LogP contribution is -2.33. The summed E-state index contributed by atoms with van der Waals surface area (Å²) in [5.74, 6) is -1.55. The topological polar surface area (TPSA) is 90.9 Å². The first-order valence-corrected chi connectivity index (χ1v) is 8.18. The Bertz CT molecular complexity index is 790. The highest BCUT2D eigenvalue weighted by atomic mass is 35.5. The third-order valence-electron chi connectivity index (χ3n) is 3.00. The lowest BCUT2D eigenvalue weighted by molar-refractivity contribution is -0.123. The SMILES string of the molecule is COc1cc(C(=O)OCC(=O)NC(=O)c2cccs2)cc(Cl)c1OC. The zero-order valence-electron chi connectivity index (χ0n) is 13.3. The Balaban J connectivity index is 1.97. The molecule has 0 fully saturated rings. The summed E-state index contributed by atoms with van der Waals surface area (Å²) in [6.45, 7) is -0.609. The number of carbonyl (C=O) groups is 3. The highest BCUT2D eigenvalue weighted by Gasteiger charge is 2.18. The van der Waals surface area contributed by atoms with Gasteiger partial charge in [-0.2, -0.15) is 0 Å². The van der Waals surface area contributed by atoms with Gasteiger partial charge in [-0.15, -0.1) is 11.3 Å². The summed E-state index contributed by atoms with van der Waals surface area (Å²) in [5, 5.41) is 3.99. The van der Waals surface area contributed by atoms with Crippen LogP contribution in [-0.2, 0) is 9.53 Å². The molecule has 0 atom stereocenters. The van der Waals surface area contributed by atoms with E-state index in [9.17, 15) is 14.4 Å². The maximum atomic E-state index is 12.0. The van der Waals surface area contributed by atoms with E-state index in [1.54, 1.807) is 17.5 Å². The molecule has 132 valence electrons. The first-order valence-electron chi connectivity index (χ1n) is 6.92. The second kappa shape index (κ2) is 8.50. The Morgan fingerprint density at radius 1 is 1.20 bits per heavy atom. The zero-order chi connectivity index (χ0) is 18.4. The van der Waals surface area contributed by atoms with Gasteiger partial charge < -0.3 is 14.2 Å². The Hall–Kier alpha value is -2.58. The van der Waals surface area contributed by atoms with Crippen molar-refractivity contribution in [3.05, 3.63) is 45.1 Å². The molecular formula is C16H14ClNO6S. The standard InChI is InChI=1S/C16H14ClNO6S/c1-22-11-7-9(6-10(17)14(11)23-2)16(21)24-8-13(19)18-15(20)12-4-3-5-25-12/h3-7H,8H2,1-2H3,(H,18,19,20). The minimum absolute atomic E-state index is 0.0834. The number of methoxy groups -OCH3 is 2. The number of rotatable bonds is 6. The number of imide groups is 1. The molecule has 1 N–H and O–H groups in total. The number of thiophene rings is 1. The monoisotopic (exact) mass is 383 g/mol. The predicted octanol–water partition coefficient (Wildman–Crippen LogP) is 2.53. The molecule has 0 aliphatic heterocycles. The van der Waals surface area contributed by atoms with E-state index in [4.69, 9.17) is 25.8 Å². The van der Waals surface area contributed by atoms with Gasteiger partial charge >= 0.3 is 5.97 Å². The Morgan fingerprint density at radius 2 is 1.96 bits per heavy atom. The number of ether oxygens (including phenoxy) is 3. The van der Waals surface area contributed by atoms with Gasteiger partial charge in [0.1, 0.15) is 0 Å². The summed E-state index contributed by atoms with van der Waals surface area (Å²) in [4.78, 5) is 35.8. The van der Waals surface area contributed by atoms with Gasteiger partial charge in [0.15, 0.2) is 18.1 Å². The second-order valence-electron chi connectivity index (χ2n) is 4.62.